The van der Waals surface area contributed by atoms with Gasteiger partial charge in [-0.3, -0.25) is 19.2 Å². The summed E-state index contributed by atoms with van der Waals surface area (Å²) in [4.78, 5) is 91.9. The minimum atomic E-state index is -1.94. The standard InChI is InChI=1S/C39H47N5O13/c1-42(36(49)52-23-29-13-7-4-8-14-29)20-33(46)55-26-39(41-32(45)19-40,27-56-34(47)21-43(2)37(50)53-24-30-15-9-5-10-16-30)28-57-35(48)22-44(3)38(51)54-25-31-17-11-6-12-18-31/h4-18H,19-28,40H2,1-3H3,(H,41,45). The zero-order chi connectivity index (χ0) is 41.6. The molecule has 3 rings (SSSR count). The monoisotopic (exact) mass is 793 g/mol. The van der Waals surface area contributed by atoms with E-state index < -0.39 is 93.6 Å². The summed E-state index contributed by atoms with van der Waals surface area (Å²) < 4.78 is 31.9. The number of rotatable bonds is 20. The maximum atomic E-state index is 12.9. The lowest BCUT2D eigenvalue weighted by atomic mass is 10.0. The van der Waals surface area contributed by atoms with Gasteiger partial charge in [0.25, 0.3) is 0 Å². The van der Waals surface area contributed by atoms with E-state index in [4.69, 9.17) is 34.2 Å². The Hall–Kier alpha value is -6.69. The van der Waals surface area contributed by atoms with Crippen LogP contribution in [0.15, 0.2) is 91.0 Å². The fourth-order valence-corrected chi connectivity index (χ4v) is 4.64. The number of carbonyl (C=O) groups excluding carboxylic acids is 7. The van der Waals surface area contributed by atoms with Crippen molar-refractivity contribution in [3.8, 4) is 0 Å². The molecule has 0 heterocycles. The molecule has 0 aromatic heterocycles. The number of carbonyl (C=O) groups is 7. The lowest BCUT2D eigenvalue weighted by Crippen LogP contribution is -2.60. The molecule has 0 saturated carbocycles. The Kier molecular flexibility index (Phi) is 18.3. The number of nitrogens with zero attached hydrogens (tertiary/aromatic N) is 3. The molecule has 0 unspecified atom stereocenters. The van der Waals surface area contributed by atoms with Gasteiger partial charge in [0.1, 0.15) is 64.8 Å². The van der Waals surface area contributed by atoms with Gasteiger partial charge in [0.15, 0.2) is 0 Å². The van der Waals surface area contributed by atoms with Crippen LogP contribution in [0.3, 0.4) is 0 Å². The SMILES string of the molecule is CN(CC(=O)OCC(COC(=O)CN(C)C(=O)OCc1ccccc1)(COC(=O)CN(C)C(=O)OCc1ccccc1)NC(=O)CN)C(=O)OCc1ccccc1. The molecule has 3 aromatic rings. The first kappa shape index (κ1) is 44.7. The highest BCUT2D eigenvalue weighted by atomic mass is 16.6. The van der Waals surface area contributed by atoms with E-state index in [0.717, 1.165) is 31.4 Å². The van der Waals surface area contributed by atoms with Crippen molar-refractivity contribution < 1.29 is 62.0 Å². The topological polar surface area (TPSA) is 223 Å². The van der Waals surface area contributed by atoms with Crippen molar-refractivity contribution in [2.24, 2.45) is 5.73 Å². The number of hydrogen-bond donors (Lipinski definition) is 2. The molecular formula is C39H47N5O13. The van der Waals surface area contributed by atoms with Gasteiger partial charge in [-0.1, -0.05) is 91.0 Å². The zero-order valence-electron chi connectivity index (χ0n) is 32.0. The second-order valence-corrected chi connectivity index (χ2v) is 12.7. The molecule has 3 aromatic carbocycles. The first-order valence-electron chi connectivity index (χ1n) is 17.5. The van der Waals surface area contributed by atoms with E-state index >= 15 is 0 Å². The number of esters is 3. The molecule has 4 amide bonds. The quantitative estimate of drug-likeness (QED) is 0.124. The Morgan fingerprint density at radius 1 is 0.491 bits per heavy atom. The summed E-state index contributed by atoms with van der Waals surface area (Å²) in [5.41, 5.74) is 5.76. The highest BCUT2D eigenvalue weighted by molar-refractivity contribution is 5.81. The van der Waals surface area contributed by atoms with Gasteiger partial charge in [0.05, 0.1) is 6.54 Å². The van der Waals surface area contributed by atoms with Gasteiger partial charge >= 0.3 is 36.2 Å². The van der Waals surface area contributed by atoms with Gasteiger partial charge in [-0.05, 0) is 16.7 Å². The van der Waals surface area contributed by atoms with E-state index in [1.807, 2.05) is 0 Å². The van der Waals surface area contributed by atoms with E-state index in [2.05, 4.69) is 5.32 Å². The van der Waals surface area contributed by atoms with Gasteiger partial charge in [0, 0.05) is 21.1 Å². The van der Waals surface area contributed by atoms with E-state index in [9.17, 15) is 33.6 Å². The van der Waals surface area contributed by atoms with Crippen molar-refractivity contribution in [1.82, 2.24) is 20.0 Å². The van der Waals surface area contributed by atoms with Crippen molar-refractivity contribution >= 4 is 42.1 Å². The van der Waals surface area contributed by atoms with Crippen LogP contribution >= 0.6 is 0 Å². The molecule has 0 radical (unpaired) electrons. The van der Waals surface area contributed by atoms with Gasteiger partial charge < -0.3 is 54.2 Å². The van der Waals surface area contributed by atoms with Crippen LogP contribution in [-0.4, -0.2) is 129 Å². The highest BCUT2D eigenvalue weighted by Crippen LogP contribution is 2.12. The molecule has 0 fully saturated rings. The van der Waals surface area contributed by atoms with Gasteiger partial charge in [-0.2, -0.15) is 0 Å². The van der Waals surface area contributed by atoms with Crippen LogP contribution < -0.4 is 11.1 Å². The maximum absolute atomic E-state index is 12.9. The molecule has 0 aliphatic carbocycles. The maximum Gasteiger partial charge on any atom is 0.410 e. The van der Waals surface area contributed by atoms with Crippen LogP contribution in [0.4, 0.5) is 14.4 Å². The minimum absolute atomic E-state index is 0.0517. The summed E-state index contributed by atoms with van der Waals surface area (Å²) in [6.07, 6.45) is -2.50. The second-order valence-electron chi connectivity index (χ2n) is 12.7. The predicted molar refractivity (Wildman–Crippen MR) is 201 cm³/mol. The first-order chi connectivity index (χ1) is 27.3. The summed E-state index contributed by atoms with van der Waals surface area (Å²) in [6.45, 7) is -4.78. The molecule has 57 heavy (non-hydrogen) atoms. The van der Waals surface area contributed by atoms with E-state index in [1.54, 1.807) is 91.0 Å². The predicted octanol–water partition coefficient (Wildman–Crippen LogP) is 2.24. The Morgan fingerprint density at radius 2 is 0.772 bits per heavy atom. The number of amides is 4. The smallest absolute Gasteiger partial charge is 0.410 e. The number of likely N-dealkylation sites (N-methyl/N-ethyl adjacent to an activating group) is 3. The number of hydrogen-bond acceptors (Lipinski definition) is 14. The highest BCUT2D eigenvalue weighted by Gasteiger charge is 2.38. The molecular weight excluding hydrogens is 746 g/mol. The Labute approximate surface area is 329 Å². The van der Waals surface area contributed by atoms with Crippen LogP contribution in [0.2, 0.25) is 0 Å². The lowest BCUT2D eigenvalue weighted by Gasteiger charge is -2.33. The molecule has 306 valence electrons. The van der Waals surface area contributed by atoms with Crippen LogP contribution in [0.1, 0.15) is 16.7 Å². The number of nitrogens with two attached hydrogens (primary N) is 1. The molecule has 0 saturated heterocycles. The van der Waals surface area contributed by atoms with Crippen molar-refractivity contribution in [3.63, 3.8) is 0 Å². The van der Waals surface area contributed by atoms with Gasteiger partial charge in [0.2, 0.25) is 5.91 Å². The van der Waals surface area contributed by atoms with Crippen molar-refractivity contribution in [1.29, 1.82) is 0 Å². The van der Waals surface area contributed by atoms with E-state index in [0.29, 0.717) is 0 Å². The van der Waals surface area contributed by atoms with Crippen LogP contribution in [0.5, 0.6) is 0 Å². The van der Waals surface area contributed by atoms with Crippen LogP contribution in [0, 0.1) is 0 Å². The van der Waals surface area contributed by atoms with Gasteiger partial charge in [-0.25, -0.2) is 14.4 Å². The molecule has 18 nitrogen and oxygen atoms in total. The lowest BCUT2D eigenvalue weighted by molar-refractivity contribution is -0.159. The fourth-order valence-electron chi connectivity index (χ4n) is 4.64. The molecule has 0 spiro atoms. The summed E-state index contributed by atoms with van der Waals surface area (Å²) in [5.74, 6) is -3.73. The zero-order valence-corrected chi connectivity index (χ0v) is 32.0. The summed E-state index contributed by atoms with van der Waals surface area (Å²) in [6, 6.07) is 26.5. The van der Waals surface area contributed by atoms with Crippen molar-refractivity contribution in [2.45, 2.75) is 25.4 Å². The Morgan fingerprint density at radius 3 is 1.04 bits per heavy atom. The van der Waals surface area contributed by atoms with Crippen LogP contribution in [-0.2, 0) is 67.4 Å². The average molecular weight is 794 g/mol. The first-order valence-corrected chi connectivity index (χ1v) is 17.5. The van der Waals surface area contributed by atoms with E-state index in [-0.39, 0.29) is 19.8 Å². The molecule has 0 bridgehead atoms. The molecule has 3 N–H and O–H groups in total. The summed E-state index contributed by atoms with van der Waals surface area (Å²) in [5, 5.41) is 2.48. The number of benzene rings is 3. The molecule has 18 heteroatoms. The van der Waals surface area contributed by atoms with Crippen molar-refractivity contribution in [2.75, 3.05) is 67.1 Å². The number of ether oxygens (including phenoxy) is 6. The third-order valence-corrected chi connectivity index (χ3v) is 7.77. The van der Waals surface area contributed by atoms with Crippen LogP contribution in [0.25, 0.3) is 0 Å². The summed E-state index contributed by atoms with van der Waals surface area (Å²) >= 11 is 0. The second kappa shape index (κ2) is 23.3. The fraction of sp³-hybridized carbons (Fsp3) is 0.359. The van der Waals surface area contributed by atoms with E-state index in [1.165, 1.54) is 21.1 Å². The third kappa shape index (κ3) is 16.7. The Bertz CT molecular complexity index is 1590. The summed E-state index contributed by atoms with van der Waals surface area (Å²) in [7, 11) is 3.89. The average Bonchev–Trinajstić information content (AvgIpc) is 3.22. The number of nitrogens with one attached hydrogen (secondary N) is 1. The minimum Gasteiger partial charge on any atom is -0.462 e. The van der Waals surface area contributed by atoms with Gasteiger partial charge in [-0.15, -0.1) is 0 Å². The molecule has 0 aliphatic rings. The van der Waals surface area contributed by atoms with Crippen molar-refractivity contribution in [3.05, 3.63) is 108 Å². The molecule has 0 aliphatic heterocycles. The molecule has 0 atom stereocenters. The largest absolute Gasteiger partial charge is 0.462 e. The third-order valence-electron chi connectivity index (χ3n) is 7.77. The normalized spacial score (nSPS) is 10.6. The Balaban J connectivity index is 1.67.